The number of oxazole rings is 1. The van der Waals surface area contributed by atoms with Crippen LogP contribution in [0.15, 0.2) is 28.8 Å². The predicted octanol–water partition coefficient (Wildman–Crippen LogP) is 2.85. The Morgan fingerprint density at radius 2 is 2.12 bits per heavy atom. The van der Waals surface area contributed by atoms with Crippen LogP contribution in [-0.4, -0.2) is 17.7 Å². The first-order valence-electron chi connectivity index (χ1n) is 5.27. The molecule has 2 aromatic rings. The summed E-state index contributed by atoms with van der Waals surface area (Å²) in [6, 6.07) is 5.66. The summed E-state index contributed by atoms with van der Waals surface area (Å²) in [5.41, 5.74) is 0.919. The number of ether oxygens (including phenoxy) is 2. The van der Waals surface area contributed by atoms with Crippen LogP contribution in [0.4, 0.5) is 0 Å². The summed E-state index contributed by atoms with van der Waals surface area (Å²) in [5, 5.41) is 0. The lowest BCUT2D eigenvalue weighted by atomic mass is 10.1. The van der Waals surface area contributed by atoms with Crippen molar-refractivity contribution in [1.82, 2.24) is 4.98 Å². The van der Waals surface area contributed by atoms with Gasteiger partial charge in [-0.25, -0.2) is 4.98 Å². The summed E-state index contributed by atoms with van der Waals surface area (Å²) < 4.78 is 16.1. The van der Waals surface area contributed by atoms with Gasteiger partial charge in [-0.2, -0.15) is 0 Å². The first-order valence-corrected chi connectivity index (χ1v) is 5.81. The molecule has 0 bridgehead atoms. The Morgan fingerprint density at radius 3 is 3.00 bits per heavy atom. The van der Waals surface area contributed by atoms with Crippen molar-refractivity contribution in [1.29, 1.82) is 0 Å². The molecule has 1 aliphatic heterocycles. The quantitative estimate of drug-likeness (QED) is 0.787. The second-order valence-corrected chi connectivity index (χ2v) is 4.00. The maximum Gasteiger partial charge on any atom is 0.231 e. The van der Waals surface area contributed by atoms with Crippen molar-refractivity contribution in [2.75, 3.05) is 12.7 Å². The second kappa shape index (κ2) is 4.30. The molecule has 0 radical (unpaired) electrons. The van der Waals surface area contributed by atoms with Crippen molar-refractivity contribution in [2.45, 2.75) is 6.42 Å². The third-order valence-electron chi connectivity index (χ3n) is 2.52. The van der Waals surface area contributed by atoms with Crippen LogP contribution in [0.25, 0.3) is 11.3 Å². The predicted molar refractivity (Wildman–Crippen MR) is 62.5 cm³/mol. The Morgan fingerprint density at radius 1 is 1.24 bits per heavy atom. The van der Waals surface area contributed by atoms with E-state index in [-0.39, 0.29) is 6.79 Å². The molecular weight excluding hydrogens is 242 g/mol. The lowest BCUT2D eigenvalue weighted by Crippen LogP contribution is -1.92. The highest BCUT2D eigenvalue weighted by molar-refractivity contribution is 6.17. The lowest BCUT2D eigenvalue weighted by molar-refractivity contribution is 0.174. The van der Waals surface area contributed by atoms with Gasteiger partial charge in [-0.05, 0) is 18.2 Å². The molecule has 0 saturated heterocycles. The molecule has 2 heterocycles. The molecular formula is C12H10ClNO3. The van der Waals surface area contributed by atoms with Crippen molar-refractivity contribution in [3.63, 3.8) is 0 Å². The van der Waals surface area contributed by atoms with E-state index < -0.39 is 0 Å². The maximum atomic E-state index is 5.63. The molecule has 1 aliphatic rings. The van der Waals surface area contributed by atoms with E-state index in [4.69, 9.17) is 25.5 Å². The van der Waals surface area contributed by atoms with Gasteiger partial charge in [0.2, 0.25) is 6.79 Å². The number of fused-ring (bicyclic) bond motifs is 1. The number of aryl methyl sites for hydroxylation is 1. The summed E-state index contributed by atoms with van der Waals surface area (Å²) in [5.74, 6) is 3.35. The molecule has 88 valence electrons. The molecule has 0 saturated carbocycles. The minimum atomic E-state index is 0.271. The van der Waals surface area contributed by atoms with Gasteiger partial charge in [0.15, 0.2) is 23.1 Å². The standard InChI is InChI=1S/C12H10ClNO3/c13-4-3-12-14-6-11(17-12)8-1-2-9-10(5-8)16-7-15-9/h1-2,5-6H,3-4,7H2. The Bertz CT molecular complexity index is 538. The Hall–Kier alpha value is -1.68. The zero-order valence-electron chi connectivity index (χ0n) is 8.98. The van der Waals surface area contributed by atoms with Gasteiger partial charge in [0, 0.05) is 17.9 Å². The van der Waals surface area contributed by atoms with Gasteiger partial charge in [0.25, 0.3) is 0 Å². The van der Waals surface area contributed by atoms with Crippen molar-refractivity contribution in [2.24, 2.45) is 0 Å². The van der Waals surface area contributed by atoms with E-state index in [0.717, 1.165) is 17.1 Å². The maximum absolute atomic E-state index is 5.63. The van der Waals surface area contributed by atoms with Gasteiger partial charge < -0.3 is 13.9 Å². The monoisotopic (exact) mass is 251 g/mol. The van der Waals surface area contributed by atoms with Crippen molar-refractivity contribution in [3.8, 4) is 22.8 Å². The molecule has 17 heavy (non-hydrogen) atoms. The summed E-state index contributed by atoms with van der Waals surface area (Å²) >= 11 is 5.63. The normalized spacial score (nSPS) is 13.0. The van der Waals surface area contributed by atoms with Crippen molar-refractivity contribution >= 4 is 11.6 Å². The average Bonchev–Trinajstić information content (AvgIpc) is 2.96. The van der Waals surface area contributed by atoms with Crippen LogP contribution < -0.4 is 9.47 Å². The number of halogens is 1. The largest absolute Gasteiger partial charge is 0.454 e. The highest BCUT2D eigenvalue weighted by Gasteiger charge is 2.15. The van der Waals surface area contributed by atoms with Crippen LogP contribution in [-0.2, 0) is 6.42 Å². The number of rotatable bonds is 3. The zero-order valence-corrected chi connectivity index (χ0v) is 9.74. The third kappa shape index (κ3) is 1.96. The number of alkyl halides is 1. The first-order chi connectivity index (χ1) is 8.36. The number of hydrogen-bond acceptors (Lipinski definition) is 4. The molecule has 0 unspecified atom stereocenters. The van der Waals surface area contributed by atoms with Crippen LogP contribution in [0.3, 0.4) is 0 Å². The third-order valence-corrected chi connectivity index (χ3v) is 2.71. The van der Waals surface area contributed by atoms with Gasteiger partial charge in [-0.1, -0.05) is 0 Å². The highest BCUT2D eigenvalue weighted by atomic mass is 35.5. The van der Waals surface area contributed by atoms with E-state index in [2.05, 4.69) is 4.98 Å². The van der Waals surface area contributed by atoms with Gasteiger partial charge in [0.1, 0.15) is 0 Å². The number of hydrogen-bond donors (Lipinski definition) is 0. The first kappa shape index (κ1) is 10.5. The van der Waals surface area contributed by atoms with Gasteiger partial charge >= 0.3 is 0 Å². The van der Waals surface area contributed by atoms with E-state index in [1.54, 1.807) is 6.20 Å². The molecule has 0 spiro atoms. The molecule has 4 nitrogen and oxygen atoms in total. The van der Waals surface area contributed by atoms with Crippen LogP contribution >= 0.6 is 11.6 Å². The summed E-state index contributed by atoms with van der Waals surface area (Å²) in [6.07, 6.45) is 2.32. The molecule has 5 heteroatoms. The number of aromatic nitrogens is 1. The SMILES string of the molecule is ClCCc1ncc(-c2ccc3c(c2)OCO3)o1. The Balaban J connectivity index is 1.92. The van der Waals surface area contributed by atoms with Crippen molar-refractivity contribution in [3.05, 3.63) is 30.3 Å². The lowest BCUT2D eigenvalue weighted by Gasteiger charge is -1.99. The molecule has 3 rings (SSSR count). The topological polar surface area (TPSA) is 44.5 Å². The molecule has 1 aromatic carbocycles. The van der Waals surface area contributed by atoms with Gasteiger partial charge in [-0.15, -0.1) is 11.6 Å². The van der Waals surface area contributed by atoms with Gasteiger partial charge in [0.05, 0.1) is 6.20 Å². The molecule has 0 aliphatic carbocycles. The fraction of sp³-hybridized carbons (Fsp3) is 0.250. The Labute approximate surface area is 103 Å². The van der Waals surface area contributed by atoms with Gasteiger partial charge in [-0.3, -0.25) is 0 Å². The zero-order chi connectivity index (χ0) is 11.7. The summed E-state index contributed by atoms with van der Waals surface area (Å²) in [7, 11) is 0. The van der Waals surface area contributed by atoms with Crippen molar-refractivity contribution < 1.29 is 13.9 Å². The Kier molecular flexibility index (Phi) is 2.65. The van der Waals surface area contributed by atoms with Crippen LogP contribution in [0.2, 0.25) is 0 Å². The van der Waals surface area contributed by atoms with Crippen LogP contribution in [0.1, 0.15) is 5.89 Å². The average molecular weight is 252 g/mol. The van der Waals surface area contributed by atoms with E-state index in [1.807, 2.05) is 18.2 Å². The fourth-order valence-corrected chi connectivity index (χ4v) is 1.85. The smallest absolute Gasteiger partial charge is 0.231 e. The van der Waals surface area contributed by atoms with E-state index in [0.29, 0.717) is 24.0 Å². The summed E-state index contributed by atoms with van der Waals surface area (Å²) in [4.78, 5) is 4.15. The highest BCUT2D eigenvalue weighted by Crippen LogP contribution is 2.35. The fourth-order valence-electron chi connectivity index (χ4n) is 1.69. The molecule has 0 atom stereocenters. The minimum absolute atomic E-state index is 0.271. The van der Waals surface area contributed by atoms with E-state index in [1.165, 1.54) is 0 Å². The molecule has 0 N–H and O–H groups in total. The molecule has 0 fully saturated rings. The second-order valence-electron chi connectivity index (χ2n) is 3.63. The van der Waals surface area contributed by atoms with Crippen LogP contribution in [0.5, 0.6) is 11.5 Å². The van der Waals surface area contributed by atoms with E-state index in [9.17, 15) is 0 Å². The number of nitrogens with zero attached hydrogens (tertiary/aromatic N) is 1. The van der Waals surface area contributed by atoms with Crippen LogP contribution in [0, 0.1) is 0 Å². The number of benzene rings is 1. The molecule has 1 aromatic heterocycles. The molecule has 0 amide bonds. The summed E-state index contributed by atoms with van der Waals surface area (Å²) in [6.45, 7) is 0.271. The minimum Gasteiger partial charge on any atom is -0.454 e. The van der Waals surface area contributed by atoms with E-state index >= 15 is 0 Å².